The van der Waals surface area contributed by atoms with Gasteiger partial charge in [0, 0.05) is 34.1 Å². The number of anilines is 1. The average molecular weight is 450 g/mol. The van der Waals surface area contributed by atoms with Crippen LogP contribution in [0.3, 0.4) is 0 Å². The predicted molar refractivity (Wildman–Crippen MR) is 121 cm³/mol. The molecular weight excluding hydrogens is 433 g/mol. The highest BCUT2D eigenvalue weighted by atomic mass is 35.5. The Kier molecular flexibility index (Phi) is 4.99. The summed E-state index contributed by atoms with van der Waals surface area (Å²) in [6, 6.07) is 13.2. The number of fused-ring (bicyclic) bond motifs is 2. The summed E-state index contributed by atoms with van der Waals surface area (Å²) >= 11 is 6.24. The third kappa shape index (κ3) is 3.65. The Morgan fingerprint density at radius 2 is 1.94 bits per heavy atom. The quantitative estimate of drug-likeness (QED) is 0.373. The van der Waals surface area contributed by atoms with Crippen LogP contribution < -0.4 is 10.6 Å². The summed E-state index contributed by atoms with van der Waals surface area (Å²) in [4.78, 5) is 39.3. The van der Waals surface area contributed by atoms with E-state index in [0.717, 1.165) is 10.9 Å². The van der Waals surface area contributed by atoms with Gasteiger partial charge < -0.3 is 19.9 Å². The molecule has 0 aliphatic carbocycles. The molecule has 5 aromatic rings. The topological polar surface area (TPSA) is 97.6 Å². The number of carbonyl (C=O) groups is 1. The molecule has 3 heterocycles. The zero-order valence-corrected chi connectivity index (χ0v) is 17.4. The number of imidazole rings is 1. The molecular formula is C23H17ClFN5O2. The maximum absolute atomic E-state index is 14.5. The first-order valence-corrected chi connectivity index (χ1v) is 10.2. The molecule has 9 heteroatoms. The Morgan fingerprint density at radius 3 is 2.78 bits per heavy atom. The van der Waals surface area contributed by atoms with Gasteiger partial charge in [0.15, 0.2) is 0 Å². The number of rotatable bonds is 5. The molecule has 2 aromatic carbocycles. The molecule has 32 heavy (non-hydrogen) atoms. The summed E-state index contributed by atoms with van der Waals surface area (Å²) in [5, 5.41) is 1.07. The van der Waals surface area contributed by atoms with E-state index in [1.54, 1.807) is 42.7 Å². The summed E-state index contributed by atoms with van der Waals surface area (Å²) in [5.74, 6) is -0.756. The summed E-state index contributed by atoms with van der Waals surface area (Å²) < 4.78 is 14.5. The highest BCUT2D eigenvalue weighted by molar-refractivity contribution is 6.31. The summed E-state index contributed by atoms with van der Waals surface area (Å²) in [5.41, 5.74) is 2.99. The fourth-order valence-corrected chi connectivity index (χ4v) is 3.99. The van der Waals surface area contributed by atoms with Crippen molar-refractivity contribution in [3.8, 4) is 0 Å². The molecule has 0 spiro atoms. The molecule has 7 nitrogen and oxygen atoms in total. The number of aromatic nitrogens is 4. The van der Waals surface area contributed by atoms with Crippen LogP contribution in [0.15, 0.2) is 65.7 Å². The molecule has 3 aromatic heterocycles. The SMILES string of the molecule is O=C(Cc1c[nH]c2ncccc12)N(Cc1c(F)cccc1Cl)c1ccc2[nH]c(=O)[nH]c2c1. The number of hydrogen-bond donors (Lipinski definition) is 3. The van der Waals surface area contributed by atoms with Crippen molar-refractivity contribution in [2.24, 2.45) is 0 Å². The highest BCUT2D eigenvalue weighted by Gasteiger charge is 2.22. The van der Waals surface area contributed by atoms with E-state index in [1.807, 2.05) is 6.07 Å². The van der Waals surface area contributed by atoms with Gasteiger partial charge in [-0.15, -0.1) is 0 Å². The van der Waals surface area contributed by atoms with Crippen LogP contribution in [0.4, 0.5) is 10.1 Å². The van der Waals surface area contributed by atoms with E-state index in [9.17, 15) is 14.0 Å². The van der Waals surface area contributed by atoms with Crippen LogP contribution in [0.5, 0.6) is 0 Å². The number of nitrogens with zero attached hydrogens (tertiary/aromatic N) is 2. The first kappa shape index (κ1) is 20.0. The zero-order chi connectivity index (χ0) is 22.2. The largest absolute Gasteiger partial charge is 0.346 e. The lowest BCUT2D eigenvalue weighted by Crippen LogP contribution is -2.32. The monoisotopic (exact) mass is 449 g/mol. The van der Waals surface area contributed by atoms with Crippen LogP contribution >= 0.6 is 11.6 Å². The standard InChI is InChI=1S/C23H17ClFN5O2/c24-17-4-1-5-18(25)16(17)12-30(14-6-7-19-20(10-14)29-23(32)28-19)21(31)9-13-11-27-22-15(13)3-2-8-26-22/h1-8,10-11H,9,12H2,(H,26,27)(H2,28,29,32). The molecule has 0 fully saturated rings. The number of hydrogen-bond acceptors (Lipinski definition) is 3. The summed E-state index contributed by atoms with van der Waals surface area (Å²) in [7, 11) is 0. The van der Waals surface area contributed by atoms with E-state index in [-0.39, 0.29) is 35.1 Å². The second kappa shape index (κ2) is 7.97. The normalized spacial score (nSPS) is 11.3. The van der Waals surface area contributed by atoms with E-state index in [0.29, 0.717) is 22.4 Å². The Morgan fingerprint density at radius 1 is 1.09 bits per heavy atom. The maximum atomic E-state index is 14.5. The molecule has 0 radical (unpaired) electrons. The number of nitrogens with one attached hydrogen (secondary N) is 3. The number of pyridine rings is 1. The van der Waals surface area contributed by atoms with Gasteiger partial charge in [0.2, 0.25) is 5.91 Å². The minimum Gasteiger partial charge on any atom is -0.346 e. The second-order valence-corrected chi connectivity index (χ2v) is 7.79. The van der Waals surface area contributed by atoms with E-state index >= 15 is 0 Å². The van der Waals surface area contributed by atoms with Gasteiger partial charge in [-0.1, -0.05) is 17.7 Å². The van der Waals surface area contributed by atoms with Crippen molar-refractivity contribution in [2.75, 3.05) is 4.90 Å². The number of aromatic amines is 3. The lowest BCUT2D eigenvalue weighted by atomic mass is 10.1. The molecule has 5 rings (SSSR count). The van der Waals surface area contributed by atoms with Gasteiger partial charge in [-0.05, 0) is 48.0 Å². The molecule has 3 N–H and O–H groups in total. The van der Waals surface area contributed by atoms with Gasteiger partial charge >= 0.3 is 5.69 Å². The van der Waals surface area contributed by atoms with Crippen molar-refractivity contribution >= 4 is 45.3 Å². The van der Waals surface area contributed by atoms with Crippen LogP contribution in [0.1, 0.15) is 11.1 Å². The average Bonchev–Trinajstić information content (AvgIpc) is 3.35. The van der Waals surface area contributed by atoms with Gasteiger partial charge in [0.25, 0.3) is 0 Å². The van der Waals surface area contributed by atoms with Gasteiger partial charge in [0.05, 0.1) is 24.0 Å². The van der Waals surface area contributed by atoms with Crippen LogP contribution in [-0.2, 0) is 17.8 Å². The number of benzene rings is 2. The maximum Gasteiger partial charge on any atom is 0.323 e. The molecule has 0 saturated carbocycles. The molecule has 1 amide bonds. The van der Waals surface area contributed by atoms with Crippen molar-refractivity contribution < 1.29 is 9.18 Å². The Hall–Kier alpha value is -3.91. The number of halogens is 2. The molecule has 0 bridgehead atoms. The predicted octanol–water partition coefficient (Wildman–Crippen LogP) is 4.30. The van der Waals surface area contributed by atoms with Crippen molar-refractivity contribution in [3.63, 3.8) is 0 Å². The van der Waals surface area contributed by atoms with E-state index in [4.69, 9.17) is 11.6 Å². The van der Waals surface area contributed by atoms with Crippen LogP contribution in [0.25, 0.3) is 22.1 Å². The zero-order valence-electron chi connectivity index (χ0n) is 16.7. The molecule has 0 unspecified atom stereocenters. The fourth-order valence-electron chi connectivity index (χ4n) is 3.77. The van der Waals surface area contributed by atoms with Gasteiger partial charge in [-0.3, -0.25) is 4.79 Å². The smallest absolute Gasteiger partial charge is 0.323 e. The Labute approximate surface area is 185 Å². The summed E-state index contributed by atoms with van der Waals surface area (Å²) in [6.45, 7) is -0.0644. The van der Waals surface area contributed by atoms with Crippen LogP contribution in [-0.4, -0.2) is 25.8 Å². The second-order valence-electron chi connectivity index (χ2n) is 7.38. The van der Waals surface area contributed by atoms with Crippen molar-refractivity contribution in [3.05, 3.63) is 93.4 Å². The van der Waals surface area contributed by atoms with Crippen molar-refractivity contribution in [2.45, 2.75) is 13.0 Å². The molecule has 0 aliphatic heterocycles. The van der Waals surface area contributed by atoms with E-state index in [1.165, 1.54) is 17.0 Å². The molecule has 160 valence electrons. The fraction of sp³-hybridized carbons (Fsp3) is 0.0870. The third-order valence-electron chi connectivity index (χ3n) is 5.37. The first-order chi connectivity index (χ1) is 15.5. The van der Waals surface area contributed by atoms with Crippen molar-refractivity contribution in [1.82, 2.24) is 19.9 Å². The lowest BCUT2D eigenvalue weighted by Gasteiger charge is -2.24. The Bertz CT molecular complexity index is 1500. The first-order valence-electron chi connectivity index (χ1n) is 9.86. The molecule has 0 aliphatic rings. The molecule has 0 saturated heterocycles. The summed E-state index contributed by atoms with van der Waals surface area (Å²) in [6.07, 6.45) is 3.49. The van der Waals surface area contributed by atoms with E-state index in [2.05, 4.69) is 19.9 Å². The Balaban J connectivity index is 1.56. The highest BCUT2D eigenvalue weighted by Crippen LogP contribution is 2.27. The number of carbonyl (C=O) groups excluding carboxylic acids is 1. The minimum atomic E-state index is -0.497. The van der Waals surface area contributed by atoms with Gasteiger partial charge in [0.1, 0.15) is 11.5 Å². The number of H-pyrrole nitrogens is 3. The third-order valence-corrected chi connectivity index (χ3v) is 5.72. The van der Waals surface area contributed by atoms with Gasteiger partial charge in [-0.25, -0.2) is 14.2 Å². The number of amides is 1. The van der Waals surface area contributed by atoms with E-state index < -0.39 is 5.82 Å². The van der Waals surface area contributed by atoms with Gasteiger partial charge in [-0.2, -0.15) is 0 Å². The van der Waals surface area contributed by atoms with Crippen molar-refractivity contribution in [1.29, 1.82) is 0 Å². The van der Waals surface area contributed by atoms with Crippen LogP contribution in [0.2, 0.25) is 5.02 Å². The lowest BCUT2D eigenvalue weighted by molar-refractivity contribution is -0.118. The molecule has 0 atom stereocenters. The van der Waals surface area contributed by atoms with Crippen LogP contribution in [0, 0.1) is 5.82 Å². The minimum absolute atomic E-state index is 0.0644.